The molecule has 0 unspecified atom stereocenters. The first-order valence-electron chi connectivity index (χ1n) is 7.79. The van der Waals surface area contributed by atoms with Gasteiger partial charge in [0.05, 0.1) is 18.4 Å². The number of amides is 1. The lowest BCUT2D eigenvalue weighted by Crippen LogP contribution is -2.38. The molecule has 0 bridgehead atoms. The van der Waals surface area contributed by atoms with Crippen LogP contribution in [0, 0.1) is 13.8 Å². The van der Waals surface area contributed by atoms with Crippen molar-refractivity contribution >= 4 is 5.91 Å². The van der Waals surface area contributed by atoms with Gasteiger partial charge in [-0.15, -0.1) is 15.3 Å². The minimum absolute atomic E-state index is 0.138. The molecular formula is C16H17N7O. The number of carbonyl (C=O) groups excluding carboxylic acids is 1. The molecule has 8 heteroatoms. The maximum Gasteiger partial charge on any atom is 0.276 e. The summed E-state index contributed by atoms with van der Waals surface area (Å²) < 4.78 is 3.66. The minimum Gasteiger partial charge on any atom is -0.328 e. The van der Waals surface area contributed by atoms with Crippen LogP contribution in [0.4, 0.5) is 0 Å². The van der Waals surface area contributed by atoms with Gasteiger partial charge in [-0.05, 0) is 31.5 Å². The summed E-state index contributed by atoms with van der Waals surface area (Å²) in [7, 11) is 0. The molecule has 0 atom stereocenters. The first-order valence-corrected chi connectivity index (χ1v) is 7.79. The van der Waals surface area contributed by atoms with Gasteiger partial charge in [-0.2, -0.15) is 0 Å². The second-order valence-corrected chi connectivity index (χ2v) is 5.93. The lowest BCUT2D eigenvalue weighted by Gasteiger charge is -2.26. The summed E-state index contributed by atoms with van der Waals surface area (Å²) in [6.45, 7) is 5.69. The average molecular weight is 323 g/mol. The molecule has 24 heavy (non-hydrogen) atoms. The van der Waals surface area contributed by atoms with Crippen LogP contribution in [0.2, 0.25) is 0 Å². The van der Waals surface area contributed by atoms with E-state index in [1.807, 2.05) is 42.7 Å². The van der Waals surface area contributed by atoms with E-state index < -0.39 is 0 Å². The van der Waals surface area contributed by atoms with E-state index in [0.29, 0.717) is 25.3 Å². The van der Waals surface area contributed by atoms with Crippen LogP contribution in [-0.2, 0) is 13.1 Å². The third kappa shape index (κ3) is 2.45. The van der Waals surface area contributed by atoms with E-state index in [9.17, 15) is 4.79 Å². The van der Waals surface area contributed by atoms with Gasteiger partial charge >= 0.3 is 0 Å². The molecule has 122 valence electrons. The summed E-state index contributed by atoms with van der Waals surface area (Å²) in [6.07, 6.45) is 1.67. The molecule has 0 spiro atoms. The zero-order chi connectivity index (χ0) is 16.7. The monoisotopic (exact) mass is 323 g/mol. The maximum atomic E-state index is 12.7. The van der Waals surface area contributed by atoms with E-state index in [4.69, 9.17) is 0 Å². The molecule has 1 aliphatic heterocycles. The van der Waals surface area contributed by atoms with Gasteiger partial charge in [0.15, 0.2) is 11.5 Å². The van der Waals surface area contributed by atoms with E-state index in [-0.39, 0.29) is 5.91 Å². The van der Waals surface area contributed by atoms with E-state index in [2.05, 4.69) is 20.5 Å². The highest BCUT2D eigenvalue weighted by molar-refractivity contribution is 5.92. The molecule has 3 aromatic rings. The number of hydrogen-bond donors (Lipinski definition) is 0. The van der Waals surface area contributed by atoms with Crippen LogP contribution in [0.1, 0.15) is 27.7 Å². The van der Waals surface area contributed by atoms with Crippen molar-refractivity contribution in [1.82, 2.24) is 34.7 Å². The molecule has 0 radical (unpaired) electrons. The zero-order valence-corrected chi connectivity index (χ0v) is 13.5. The third-order valence-corrected chi connectivity index (χ3v) is 4.20. The molecule has 1 amide bonds. The molecular weight excluding hydrogens is 306 g/mol. The van der Waals surface area contributed by atoms with E-state index in [0.717, 1.165) is 22.9 Å². The first-order chi connectivity index (χ1) is 11.6. The summed E-state index contributed by atoms with van der Waals surface area (Å²) in [5.41, 5.74) is 2.35. The summed E-state index contributed by atoms with van der Waals surface area (Å²) in [4.78, 5) is 14.4. The van der Waals surface area contributed by atoms with Crippen molar-refractivity contribution in [2.45, 2.75) is 26.9 Å². The molecule has 4 rings (SSSR count). The topological polar surface area (TPSA) is 81.7 Å². The van der Waals surface area contributed by atoms with Crippen molar-refractivity contribution in [3.8, 4) is 5.69 Å². The number of nitrogens with zero attached hydrogens (tertiary/aromatic N) is 7. The summed E-state index contributed by atoms with van der Waals surface area (Å²) in [6, 6.07) is 7.89. The number of fused-ring (bicyclic) bond motifs is 1. The highest BCUT2D eigenvalue weighted by Gasteiger charge is 2.26. The predicted octanol–water partition coefficient (Wildman–Crippen LogP) is 1.13. The third-order valence-electron chi connectivity index (χ3n) is 4.20. The fourth-order valence-corrected chi connectivity index (χ4v) is 2.90. The standard InChI is InChI=1S/C16H17N7O/c1-11-4-3-5-13(8-11)23-9-14(18-20-23)16(24)21-6-7-22-12(2)17-19-15(22)10-21/h3-5,8-9H,6-7,10H2,1-2H3. The molecule has 0 saturated carbocycles. The number of aryl methyl sites for hydroxylation is 2. The lowest BCUT2D eigenvalue weighted by molar-refractivity contribution is 0.0700. The fraction of sp³-hybridized carbons (Fsp3) is 0.312. The Kier molecular flexibility index (Phi) is 3.37. The maximum absolute atomic E-state index is 12.7. The first kappa shape index (κ1) is 14.6. The smallest absolute Gasteiger partial charge is 0.276 e. The molecule has 8 nitrogen and oxygen atoms in total. The minimum atomic E-state index is -0.138. The van der Waals surface area contributed by atoms with Gasteiger partial charge < -0.3 is 9.47 Å². The zero-order valence-electron chi connectivity index (χ0n) is 13.5. The van der Waals surface area contributed by atoms with Crippen LogP contribution in [0.15, 0.2) is 30.5 Å². The molecule has 1 aliphatic rings. The number of rotatable bonds is 2. The Morgan fingerprint density at radius 3 is 2.83 bits per heavy atom. The van der Waals surface area contributed by atoms with Crippen molar-refractivity contribution in [3.63, 3.8) is 0 Å². The fourth-order valence-electron chi connectivity index (χ4n) is 2.90. The Morgan fingerprint density at radius 2 is 2.00 bits per heavy atom. The van der Waals surface area contributed by atoms with Gasteiger partial charge in [0.2, 0.25) is 0 Å². The second-order valence-electron chi connectivity index (χ2n) is 5.93. The average Bonchev–Trinajstić information content (AvgIpc) is 3.21. The highest BCUT2D eigenvalue weighted by atomic mass is 16.2. The van der Waals surface area contributed by atoms with Crippen molar-refractivity contribution in [2.24, 2.45) is 0 Å². The molecule has 2 aromatic heterocycles. The van der Waals surface area contributed by atoms with E-state index in [1.54, 1.807) is 15.8 Å². The molecule has 3 heterocycles. The molecule has 0 fully saturated rings. The second kappa shape index (κ2) is 5.55. The largest absolute Gasteiger partial charge is 0.328 e. The van der Waals surface area contributed by atoms with Crippen LogP contribution >= 0.6 is 0 Å². The molecule has 0 saturated heterocycles. The van der Waals surface area contributed by atoms with Gasteiger partial charge in [0.25, 0.3) is 5.91 Å². The Hall–Kier alpha value is -3.03. The van der Waals surface area contributed by atoms with Crippen LogP contribution < -0.4 is 0 Å². The molecule has 0 aliphatic carbocycles. The normalized spacial score (nSPS) is 13.8. The number of benzene rings is 1. The van der Waals surface area contributed by atoms with Gasteiger partial charge in [0.1, 0.15) is 5.82 Å². The van der Waals surface area contributed by atoms with E-state index >= 15 is 0 Å². The summed E-state index contributed by atoms with van der Waals surface area (Å²) in [5, 5.41) is 16.3. The Morgan fingerprint density at radius 1 is 1.12 bits per heavy atom. The summed E-state index contributed by atoms with van der Waals surface area (Å²) >= 11 is 0. The lowest BCUT2D eigenvalue weighted by atomic mass is 10.2. The van der Waals surface area contributed by atoms with Gasteiger partial charge in [-0.3, -0.25) is 4.79 Å². The highest BCUT2D eigenvalue weighted by Crippen LogP contribution is 2.15. The quantitative estimate of drug-likeness (QED) is 0.706. The van der Waals surface area contributed by atoms with Gasteiger partial charge in [-0.25, -0.2) is 4.68 Å². The number of carbonyl (C=O) groups is 1. The Labute approximate surface area is 138 Å². The SMILES string of the molecule is Cc1cccc(-n2cc(C(=O)N3CCn4c(C)nnc4C3)nn2)c1. The number of hydrogen-bond acceptors (Lipinski definition) is 5. The van der Waals surface area contributed by atoms with Crippen molar-refractivity contribution < 1.29 is 4.79 Å². The van der Waals surface area contributed by atoms with Crippen LogP contribution in [0.25, 0.3) is 5.69 Å². The van der Waals surface area contributed by atoms with Gasteiger partial charge in [-0.1, -0.05) is 17.3 Å². The molecule has 0 N–H and O–H groups in total. The van der Waals surface area contributed by atoms with Crippen LogP contribution in [0.5, 0.6) is 0 Å². The van der Waals surface area contributed by atoms with Gasteiger partial charge in [0, 0.05) is 13.1 Å². The molecule has 1 aromatic carbocycles. The van der Waals surface area contributed by atoms with E-state index in [1.165, 1.54) is 0 Å². The van der Waals surface area contributed by atoms with Crippen LogP contribution in [0.3, 0.4) is 0 Å². The van der Waals surface area contributed by atoms with Crippen molar-refractivity contribution in [1.29, 1.82) is 0 Å². The predicted molar refractivity (Wildman–Crippen MR) is 85.6 cm³/mol. The van der Waals surface area contributed by atoms with Crippen LogP contribution in [-0.4, -0.2) is 47.1 Å². The number of aromatic nitrogens is 6. The Bertz CT molecular complexity index is 911. The van der Waals surface area contributed by atoms with Crippen molar-refractivity contribution in [2.75, 3.05) is 6.54 Å². The van der Waals surface area contributed by atoms with Crippen molar-refractivity contribution in [3.05, 3.63) is 53.4 Å². The summed E-state index contributed by atoms with van der Waals surface area (Å²) in [5.74, 6) is 1.54. The Balaban J connectivity index is 1.56.